The smallest absolute Gasteiger partial charge is 0.232 e. The highest BCUT2D eigenvalue weighted by Gasteiger charge is 2.13. The molecule has 0 fully saturated rings. The standard InChI is InChI=1S/C11H13N5S/c1-15-10(9-3-2-6-17-9)14-16-7-8(4-5-12)13-11(15)16/h2-3,6-7H,4-5,12H2,1H3. The molecule has 3 aromatic heterocycles. The summed E-state index contributed by atoms with van der Waals surface area (Å²) in [6.45, 7) is 0.613. The molecule has 0 aliphatic rings. The van der Waals surface area contributed by atoms with Gasteiger partial charge in [-0.25, -0.2) is 9.50 Å². The van der Waals surface area contributed by atoms with Crippen molar-refractivity contribution in [2.24, 2.45) is 12.8 Å². The predicted molar refractivity (Wildman–Crippen MR) is 68.0 cm³/mol. The van der Waals surface area contributed by atoms with Gasteiger partial charge in [-0.05, 0) is 18.0 Å². The molecule has 3 aromatic rings. The van der Waals surface area contributed by atoms with Crippen LogP contribution >= 0.6 is 11.3 Å². The molecule has 0 saturated heterocycles. The van der Waals surface area contributed by atoms with Crippen LogP contribution in [0.3, 0.4) is 0 Å². The molecule has 3 heterocycles. The van der Waals surface area contributed by atoms with E-state index in [1.54, 1.807) is 11.3 Å². The lowest BCUT2D eigenvalue weighted by molar-refractivity contribution is 0.904. The Kier molecular flexibility index (Phi) is 2.45. The zero-order chi connectivity index (χ0) is 11.8. The summed E-state index contributed by atoms with van der Waals surface area (Å²) in [6.07, 6.45) is 2.73. The number of thiophene rings is 1. The van der Waals surface area contributed by atoms with Crippen molar-refractivity contribution in [1.82, 2.24) is 19.2 Å². The van der Waals surface area contributed by atoms with Crippen LogP contribution in [0.5, 0.6) is 0 Å². The zero-order valence-electron chi connectivity index (χ0n) is 9.50. The van der Waals surface area contributed by atoms with E-state index in [2.05, 4.69) is 16.1 Å². The second kappa shape index (κ2) is 3.97. The van der Waals surface area contributed by atoms with E-state index in [0.29, 0.717) is 6.54 Å². The third-order valence-corrected chi connectivity index (χ3v) is 3.55. The van der Waals surface area contributed by atoms with Gasteiger partial charge in [0.1, 0.15) is 0 Å². The Bertz CT molecular complexity index is 634. The van der Waals surface area contributed by atoms with Crippen LogP contribution in [-0.2, 0) is 13.5 Å². The zero-order valence-corrected chi connectivity index (χ0v) is 10.3. The van der Waals surface area contributed by atoms with Crippen LogP contribution in [0.15, 0.2) is 23.7 Å². The van der Waals surface area contributed by atoms with Crippen molar-refractivity contribution < 1.29 is 0 Å². The Morgan fingerprint density at radius 3 is 3.00 bits per heavy atom. The Balaban J connectivity index is 2.11. The maximum Gasteiger partial charge on any atom is 0.232 e. The highest BCUT2D eigenvalue weighted by Crippen LogP contribution is 2.23. The highest BCUT2D eigenvalue weighted by molar-refractivity contribution is 7.13. The number of hydrogen-bond donors (Lipinski definition) is 1. The molecule has 88 valence electrons. The molecule has 0 saturated carbocycles. The molecule has 3 rings (SSSR count). The number of aromatic nitrogens is 4. The number of nitrogens with two attached hydrogens (primary N) is 1. The van der Waals surface area contributed by atoms with Gasteiger partial charge in [0.2, 0.25) is 5.78 Å². The van der Waals surface area contributed by atoms with Gasteiger partial charge in [0.25, 0.3) is 0 Å². The summed E-state index contributed by atoms with van der Waals surface area (Å²) in [4.78, 5) is 5.67. The van der Waals surface area contributed by atoms with Gasteiger partial charge >= 0.3 is 0 Å². The van der Waals surface area contributed by atoms with Gasteiger partial charge in [-0.3, -0.25) is 4.57 Å². The van der Waals surface area contributed by atoms with Crippen LogP contribution in [-0.4, -0.2) is 25.7 Å². The van der Waals surface area contributed by atoms with Gasteiger partial charge in [-0.15, -0.1) is 16.4 Å². The molecule has 0 atom stereocenters. The highest BCUT2D eigenvalue weighted by atomic mass is 32.1. The summed E-state index contributed by atoms with van der Waals surface area (Å²) in [6, 6.07) is 4.09. The largest absolute Gasteiger partial charge is 0.330 e. The summed E-state index contributed by atoms with van der Waals surface area (Å²) in [7, 11) is 1.98. The van der Waals surface area contributed by atoms with Gasteiger partial charge < -0.3 is 5.73 Å². The van der Waals surface area contributed by atoms with E-state index in [1.165, 1.54) is 0 Å². The van der Waals surface area contributed by atoms with E-state index in [1.807, 2.05) is 33.8 Å². The predicted octanol–water partition coefficient (Wildman–Crippen LogP) is 1.30. The number of nitrogens with zero attached hydrogens (tertiary/aromatic N) is 4. The number of hydrogen-bond acceptors (Lipinski definition) is 4. The molecular weight excluding hydrogens is 234 g/mol. The van der Waals surface area contributed by atoms with Crippen molar-refractivity contribution in [3.8, 4) is 10.7 Å². The fraction of sp³-hybridized carbons (Fsp3) is 0.273. The first kappa shape index (κ1) is 10.5. The van der Waals surface area contributed by atoms with E-state index >= 15 is 0 Å². The first-order chi connectivity index (χ1) is 8.29. The van der Waals surface area contributed by atoms with Crippen LogP contribution < -0.4 is 5.73 Å². The number of aryl methyl sites for hydroxylation is 1. The number of rotatable bonds is 3. The van der Waals surface area contributed by atoms with Crippen molar-refractivity contribution in [2.75, 3.05) is 6.54 Å². The molecule has 0 aliphatic heterocycles. The van der Waals surface area contributed by atoms with Gasteiger partial charge in [-0.2, -0.15) is 0 Å². The van der Waals surface area contributed by atoms with Crippen LogP contribution in [0.2, 0.25) is 0 Å². The first-order valence-corrected chi connectivity index (χ1v) is 6.32. The molecule has 0 aromatic carbocycles. The SMILES string of the molecule is Cn1c(-c2cccs2)nn2cc(CCN)nc12. The Morgan fingerprint density at radius 1 is 1.47 bits per heavy atom. The summed E-state index contributed by atoms with van der Waals surface area (Å²) >= 11 is 1.68. The van der Waals surface area contributed by atoms with Crippen molar-refractivity contribution in [3.05, 3.63) is 29.4 Å². The van der Waals surface area contributed by atoms with E-state index < -0.39 is 0 Å². The molecule has 0 radical (unpaired) electrons. The molecule has 6 heteroatoms. The molecule has 0 unspecified atom stereocenters. The van der Waals surface area contributed by atoms with Crippen LogP contribution in [0, 0.1) is 0 Å². The average molecular weight is 247 g/mol. The first-order valence-electron chi connectivity index (χ1n) is 5.44. The minimum absolute atomic E-state index is 0.613. The molecule has 0 amide bonds. The summed E-state index contributed by atoms with van der Waals surface area (Å²) < 4.78 is 3.83. The topological polar surface area (TPSA) is 61.1 Å². The fourth-order valence-corrected chi connectivity index (χ4v) is 2.61. The van der Waals surface area contributed by atoms with Crippen molar-refractivity contribution in [1.29, 1.82) is 0 Å². The Hall–Kier alpha value is -1.66. The molecule has 0 bridgehead atoms. The van der Waals surface area contributed by atoms with Crippen molar-refractivity contribution in [2.45, 2.75) is 6.42 Å². The minimum atomic E-state index is 0.613. The normalized spacial score (nSPS) is 11.4. The molecule has 0 spiro atoms. The second-order valence-corrected chi connectivity index (χ2v) is 4.82. The second-order valence-electron chi connectivity index (χ2n) is 3.88. The molecule has 2 N–H and O–H groups in total. The maximum atomic E-state index is 5.52. The molecule has 5 nitrogen and oxygen atoms in total. The lowest BCUT2D eigenvalue weighted by Gasteiger charge is -1.96. The maximum absolute atomic E-state index is 5.52. The average Bonchev–Trinajstić information content (AvgIpc) is 2.97. The summed E-state index contributed by atoms with van der Waals surface area (Å²) in [5, 5.41) is 6.59. The summed E-state index contributed by atoms with van der Waals surface area (Å²) in [5.74, 6) is 1.80. The van der Waals surface area contributed by atoms with Crippen LogP contribution in [0.4, 0.5) is 0 Å². The lowest BCUT2D eigenvalue weighted by atomic mass is 10.3. The monoisotopic (exact) mass is 247 g/mol. The Morgan fingerprint density at radius 2 is 2.35 bits per heavy atom. The van der Waals surface area contributed by atoms with E-state index in [4.69, 9.17) is 5.73 Å². The van der Waals surface area contributed by atoms with Gasteiger partial charge in [-0.1, -0.05) is 6.07 Å². The lowest BCUT2D eigenvalue weighted by Crippen LogP contribution is -2.03. The fourth-order valence-electron chi connectivity index (χ4n) is 1.86. The van der Waals surface area contributed by atoms with Crippen LogP contribution in [0.25, 0.3) is 16.5 Å². The quantitative estimate of drug-likeness (QED) is 0.759. The van der Waals surface area contributed by atoms with E-state index in [-0.39, 0.29) is 0 Å². The van der Waals surface area contributed by atoms with Crippen molar-refractivity contribution in [3.63, 3.8) is 0 Å². The summed E-state index contributed by atoms with van der Waals surface area (Å²) in [5.41, 5.74) is 6.51. The minimum Gasteiger partial charge on any atom is -0.330 e. The van der Waals surface area contributed by atoms with Gasteiger partial charge in [0.15, 0.2) is 5.82 Å². The third-order valence-electron chi connectivity index (χ3n) is 2.68. The number of fused-ring (bicyclic) bond motifs is 1. The van der Waals surface area contributed by atoms with E-state index in [9.17, 15) is 0 Å². The van der Waals surface area contributed by atoms with Crippen molar-refractivity contribution >= 4 is 17.1 Å². The van der Waals surface area contributed by atoms with Gasteiger partial charge in [0.05, 0.1) is 16.8 Å². The van der Waals surface area contributed by atoms with Crippen LogP contribution in [0.1, 0.15) is 5.69 Å². The van der Waals surface area contributed by atoms with E-state index in [0.717, 1.165) is 28.6 Å². The number of imidazole rings is 1. The molecule has 0 aliphatic carbocycles. The third kappa shape index (κ3) is 1.65. The molecule has 17 heavy (non-hydrogen) atoms. The Labute approximate surface area is 103 Å². The van der Waals surface area contributed by atoms with Gasteiger partial charge in [0, 0.05) is 13.5 Å². The molecular formula is C11H13N5S.